The number of hydrogen-bond donors (Lipinski definition) is 1. The molecule has 2 heterocycles. The second-order valence-electron chi connectivity index (χ2n) is 7.49. The SMILES string of the molecule is COc1ccc(OC)c(/C(O)=C2\C(=O)C(=O)N(Cc3cccs3)C2c2cccc(C)c2)c1. The van der Waals surface area contributed by atoms with Crippen LogP contribution in [0.15, 0.2) is 65.6 Å². The molecule has 0 saturated carbocycles. The number of hydrogen-bond acceptors (Lipinski definition) is 6. The Labute approximate surface area is 190 Å². The van der Waals surface area contributed by atoms with Crippen molar-refractivity contribution in [2.24, 2.45) is 0 Å². The highest BCUT2D eigenvalue weighted by Gasteiger charge is 2.46. The predicted octanol–water partition coefficient (Wildman–Crippen LogP) is 4.70. The molecule has 0 bridgehead atoms. The van der Waals surface area contributed by atoms with Crippen LogP contribution in [0.4, 0.5) is 0 Å². The van der Waals surface area contributed by atoms with E-state index in [0.717, 1.165) is 16.0 Å². The molecule has 4 rings (SSSR count). The molecule has 0 radical (unpaired) electrons. The fourth-order valence-electron chi connectivity index (χ4n) is 3.94. The molecule has 3 aromatic rings. The van der Waals surface area contributed by atoms with E-state index in [1.165, 1.54) is 30.5 Å². The Morgan fingerprint density at radius 1 is 1.06 bits per heavy atom. The second kappa shape index (κ2) is 8.88. The van der Waals surface area contributed by atoms with Gasteiger partial charge >= 0.3 is 0 Å². The lowest BCUT2D eigenvalue weighted by Gasteiger charge is -2.25. The summed E-state index contributed by atoms with van der Waals surface area (Å²) in [4.78, 5) is 28.8. The van der Waals surface area contributed by atoms with Crippen LogP contribution >= 0.6 is 11.3 Å². The maximum Gasteiger partial charge on any atom is 0.295 e. The van der Waals surface area contributed by atoms with Gasteiger partial charge < -0.3 is 19.5 Å². The quantitative estimate of drug-likeness (QED) is 0.336. The molecule has 6 nitrogen and oxygen atoms in total. The third-order valence-corrected chi connectivity index (χ3v) is 6.33. The van der Waals surface area contributed by atoms with Gasteiger partial charge in [-0.15, -0.1) is 11.3 Å². The molecular weight excluding hydrogens is 426 g/mol. The largest absolute Gasteiger partial charge is 0.507 e. The van der Waals surface area contributed by atoms with Crippen molar-refractivity contribution in [3.63, 3.8) is 0 Å². The first-order chi connectivity index (χ1) is 15.4. The van der Waals surface area contributed by atoms with Gasteiger partial charge in [0.1, 0.15) is 17.3 Å². The molecule has 1 N–H and O–H groups in total. The van der Waals surface area contributed by atoms with Crippen molar-refractivity contribution in [1.29, 1.82) is 0 Å². The maximum atomic E-state index is 13.2. The number of aliphatic hydroxyl groups excluding tert-OH is 1. The average Bonchev–Trinajstić information content (AvgIpc) is 3.40. The summed E-state index contributed by atoms with van der Waals surface area (Å²) in [6.07, 6.45) is 0. The zero-order chi connectivity index (χ0) is 22.8. The minimum absolute atomic E-state index is 0.0312. The Hall–Kier alpha value is -3.58. The van der Waals surface area contributed by atoms with E-state index in [1.54, 1.807) is 18.2 Å². The smallest absolute Gasteiger partial charge is 0.295 e. The minimum atomic E-state index is -0.729. The number of likely N-dealkylation sites (tertiary alicyclic amines) is 1. The van der Waals surface area contributed by atoms with Crippen LogP contribution in [0.2, 0.25) is 0 Å². The monoisotopic (exact) mass is 449 g/mol. The molecule has 1 aliphatic heterocycles. The Morgan fingerprint density at radius 3 is 2.53 bits per heavy atom. The number of carbonyl (C=O) groups is 2. The number of ether oxygens (including phenoxy) is 2. The molecular formula is C25H23NO5S. The summed E-state index contributed by atoms with van der Waals surface area (Å²) >= 11 is 1.51. The van der Waals surface area contributed by atoms with Crippen molar-refractivity contribution in [3.8, 4) is 11.5 Å². The number of benzene rings is 2. The number of carbonyl (C=O) groups excluding carboxylic acids is 2. The summed E-state index contributed by atoms with van der Waals surface area (Å²) in [7, 11) is 2.99. The van der Waals surface area contributed by atoms with E-state index in [-0.39, 0.29) is 17.9 Å². The lowest BCUT2D eigenvalue weighted by Crippen LogP contribution is -2.28. The molecule has 164 valence electrons. The first kappa shape index (κ1) is 21.6. The van der Waals surface area contributed by atoms with Gasteiger partial charge in [0.15, 0.2) is 0 Å². The standard InChI is InChI=1S/C25H23NO5S/c1-15-6-4-7-16(12-15)22-21(23(27)19-13-17(30-2)9-10-20(19)31-3)24(28)25(29)26(22)14-18-8-5-11-32-18/h4-13,22,27H,14H2,1-3H3/b23-21+. The fraction of sp³-hybridized carbons (Fsp3) is 0.200. The summed E-state index contributed by atoms with van der Waals surface area (Å²) in [6.45, 7) is 2.22. The van der Waals surface area contributed by atoms with E-state index in [0.29, 0.717) is 17.1 Å². The van der Waals surface area contributed by atoms with E-state index in [4.69, 9.17) is 9.47 Å². The highest BCUT2D eigenvalue weighted by molar-refractivity contribution is 7.09. The van der Waals surface area contributed by atoms with Crippen LogP contribution in [0.1, 0.15) is 27.6 Å². The van der Waals surface area contributed by atoms with Crippen LogP contribution in [0.25, 0.3) is 5.76 Å². The predicted molar refractivity (Wildman–Crippen MR) is 123 cm³/mol. The van der Waals surface area contributed by atoms with Crippen LogP contribution in [-0.4, -0.2) is 35.9 Å². The van der Waals surface area contributed by atoms with E-state index < -0.39 is 17.7 Å². The number of thiophene rings is 1. The second-order valence-corrected chi connectivity index (χ2v) is 8.52. The number of nitrogens with zero attached hydrogens (tertiary/aromatic N) is 1. The molecule has 1 atom stereocenters. The van der Waals surface area contributed by atoms with Crippen molar-refractivity contribution < 1.29 is 24.2 Å². The van der Waals surface area contributed by atoms with Crippen LogP contribution in [0.5, 0.6) is 11.5 Å². The van der Waals surface area contributed by atoms with Gasteiger partial charge in [-0.1, -0.05) is 35.9 Å². The van der Waals surface area contributed by atoms with Crippen LogP contribution in [-0.2, 0) is 16.1 Å². The van der Waals surface area contributed by atoms with Gasteiger partial charge in [0, 0.05) is 4.88 Å². The van der Waals surface area contributed by atoms with Crippen molar-refractivity contribution >= 4 is 28.8 Å². The topological polar surface area (TPSA) is 76.1 Å². The van der Waals surface area contributed by atoms with Gasteiger partial charge in [-0.3, -0.25) is 9.59 Å². The number of aliphatic hydroxyl groups is 1. The van der Waals surface area contributed by atoms with E-state index in [1.807, 2.05) is 48.7 Å². The highest BCUT2D eigenvalue weighted by Crippen LogP contribution is 2.42. The molecule has 1 fully saturated rings. The van der Waals surface area contributed by atoms with Gasteiger partial charge in [0.25, 0.3) is 11.7 Å². The van der Waals surface area contributed by atoms with Gasteiger partial charge in [-0.05, 0) is 42.1 Å². The molecule has 1 aromatic heterocycles. The number of rotatable bonds is 6. The van der Waals surface area contributed by atoms with Crippen molar-refractivity contribution in [2.75, 3.05) is 14.2 Å². The molecule has 1 unspecified atom stereocenters. The fourth-order valence-corrected chi connectivity index (χ4v) is 4.65. The van der Waals surface area contributed by atoms with Crippen LogP contribution in [0, 0.1) is 6.92 Å². The number of aryl methyl sites for hydroxylation is 1. The lowest BCUT2D eigenvalue weighted by atomic mass is 9.94. The summed E-state index contributed by atoms with van der Waals surface area (Å²) < 4.78 is 10.7. The normalized spacial score (nSPS) is 17.6. The van der Waals surface area contributed by atoms with Gasteiger partial charge in [0.05, 0.1) is 37.9 Å². The van der Waals surface area contributed by atoms with Gasteiger partial charge in [0.2, 0.25) is 0 Å². The Morgan fingerprint density at radius 2 is 1.88 bits per heavy atom. The summed E-state index contributed by atoms with van der Waals surface area (Å²) in [5, 5.41) is 13.3. The molecule has 7 heteroatoms. The number of ketones is 1. The average molecular weight is 450 g/mol. The van der Waals surface area contributed by atoms with Gasteiger partial charge in [-0.2, -0.15) is 0 Å². The first-order valence-corrected chi connectivity index (χ1v) is 10.9. The third kappa shape index (κ3) is 3.87. The third-order valence-electron chi connectivity index (χ3n) is 5.47. The van der Waals surface area contributed by atoms with Crippen LogP contribution < -0.4 is 9.47 Å². The molecule has 0 spiro atoms. The van der Waals surface area contributed by atoms with Crippen molar-refractivity contribution in [3.05, 3.63) is 87.1 Å². The van der Waals surface area contributed by atoms with Crippen LogP contribution in [0.3, 0.4) is 0 Å². The first-order valence-electron chi connectivity index (χ1n) is 10.0. The number of amides is 1. The van der Waals surface area contributed by atoms with Crippen molar-refractivity contribution in [1.82, 2.24) is 4.90 Å². The molecule has 32 heavy (non-hydrogen) atoms. The minimum Gasteiger partial charge on any atom is -0.507 e. The van der Waals surface area contributed by atoms with E-state index in [2.05, 4.69) is 0 Å². The van der Waals surface area contributed by atoms with E-state index >= 15 is 0 Å². The Kier molecular flexibility index (Phi) is 6.01. The Balaban J connectivity index is 1.92. The zero-order valence-corrected chi connectivity index (χ0v) is 18.8. The number of Topliss-reactive ketones (excluding diaryl/α,β-unsaturated/α-hetero) is 1. The zero-order valence-electron chi connectivity index (χ0n) is 18.0. The lowest BCUT2D eigenvalue weighted by molar-refractivity contribution is -0.140. The molecule has 2 aromatic carbocycles. The number of methoxy groups -OCH3 is 2. The molecule has 1 amide bonds. The summed E-state index contributed by atoms with van der Waals surface area (Å²) in [5.74, 6) is -0.800. The summed E-state index contributed by atoms with van der Waals surface area (Å²) in [6, 6.07) is 15.6. The van der Waals surface area contributed by atoms with Gasteiger partial charge in [-0.25, -0.2) is 0 Å². The maximum absolute atomic E-state index is 13.2. The molecule has 1 aliphatic rings. The summed E-state index contributed by atoms with van der Waals surface area (Å²) in [5.41, 5.74) is 2.06. The highest BCUT2D eigenvalue weighted by atomic mass is 32.1. The van der Waals surface area contributed by atoms with E-state index in [9.17, 15) is 14.7 Å². The molecule has 0 aliphatic carbocycles. The van der Waals surface area contributed by atoms with Crippen molar-refractivity contribution in [2.45, 2.75) is 19.5 Å². The molecule has 1 saturated heterocycles. The Bertz CT molecular complexity index is 1200.